The van der Waals surface area contributed by atoms with Gasteiger partial charge in [-0.25, -0.2) is 4.39 Å². The minimum Gasteiger partial charge on any atom is -0.375 e. The molecule has 1 fully saturated rings. The molecule has 2 atom stereocenters. The third kappa shape index (κ3) is 3.09. The summed E-state index contributed by atoms with van der Waals surface area (Å²) >= 11 is 4.02. The summed E-state index contributed by atoms with van der Waals surface area (Å²) in [5, 5.41) is 0. The molecule has 0 saturated carbocycles. The number of halogens is 1. The molecule has 1 amide bonds. The van der Waals surface area contributed by atoms with Gasteiger partial charge in [0.15, 0.2) is 0 Å². The number of hydrogen-bond acceptors (Lipinski definition) is 3. The lowest BCUT2D eigenvalue weighted by atomic mass is 10.1. The van der Waals surface area contributed by atoms with Gasteiger partial charge in [-0.15, -0.1) is 12.6 Å². The number of rotatable bonds is 2. The highest BCUT2D eigenvalue weighted by Crippen LogP contribution is 2.20. The lowest BCUT2D eigenvalue weighted by molar-refractivity contribution is -0.0444. The number of morpholine rings is 1. The standard InChI is InChI=1S/C14H18FNO2S/c1-3-11-8-18-9(2)7-16(11)14(17)10-4-5-12(15)13(19)6-10/h4-6,9,11,19H,3,7-8H2,1-2H3. The Labute approximate surface area is 118 Å². The molecule has 1 heterocycles. The van der Waals surface area contributed by atoms with Crippen LogP contribution in [0.3, 0.4) is 0 Å². The van der Waals surface area contributed by atoms with E-state index in [0.717, 1.165) is 6.42 Å². The molecular weight excluding hydrogens is 265 g/mol. The Morgan fingerprint density at radius 1 is 1.58 bits per heavy atom. The number of thiol groups is 1. The summed E-state index contributed by atoms with van der Waals surface area (Å²) in [5.41, 5.74) is 0.471. The van der Waals surface area contributed by atoms with Gasteiger partial charge in [-0.2, -0.15) is 0 Å². The van der Waals surface area contributed by atoms with Crippen LogP contribution in [0.5, 0.6) is 0 Å². The number of ether oxygens (including phenoxy) is 1. The summed E-state index contributed by atoms with van der Waals surface area (Å²) in [6.07, 6.45) is 0.871. The average Bonchev–Trinajstić information content (AvgIpc) is 2.41. The van der Waals surface area contributed by atoms with Crippen molar-refractivity contribution in [1.29, 1.82) is 0 Å². The van der Waals surface area contributed by atoms with Crippen LogP contribution < -0.4 is 0 Å². The van der Waals surface area contributed by atoms with Crippen molar-refractivity contribution in [2.75, 3.05) is 13.2 Å². The molecule has 1 aromatic rings. The fourth-order valence-electron chi connectivity index (χ4n) is 2.24. The maximum atomic E-state index is 13.2. The van der Waals surface area contributed by atoms with Crippen LogP contribution in [0.2, 0.25) is 0 Å². The zero-order valence-electron chi connectivity index (χ0n) is 11.1. The largest absolute Gasteiger partial charge is 0.375 e. The van der Waals surface area contributed by atoms with Crippen molar-refractivity contribution in [3.63, 3.8) is 0 Å². The Morgan fingerprint density at radius 2 is 2.32 bits per heavy atom. The van der Waals surface area contributed by atoms with Gasteiger partial charge in [0.05, 0.1) is 18.8 Å². The first kappa shape index (κ1) is 14.3. The molecule has 104 valence electrons. The van der Waals surface area contributed by atoms with Crippen LogP contribution in [-0.2, 0) is 4.74 Å². The van der Waals surface area contributed by atoms with E-state index in [1.807, 2.05) is 18.7 Å². The van der Waals surface area contributed by atoms with E-state index in [1.54, 1.807) is 0 Å². The Hall–Kier alpha value is -1.07. The van der Waals surface area contributed by atoms with E-state index in [1.165, 1.54) is 18.2 Å². The summed E-state index contributed by atoms with van der Waals surface area (Å²) in [4.78, 5) is 14.5. The molecule has 1 saturated heterocycles. The quantitative estimate of drug-likeness (QED) is 0.846. The average molecular weight is 283 g/mol. The van der Waals surface area contributed by atoms with Crippen molar-refractivity contribution in [3.05, 3.63) is 29.6 Å². The lowest BCUT2D eigenvalue weighted by Gasteiger charge is -2.38. The Bertz CT molecular complexity index is 481. The van der Waals surface area contributed by atoms with Gasteiger partial charge in [0.2, 0.25) is 0 Å². The fourth-order valence-corrected chi connectivity index (χ4v) is 2.46. The van der Waals surface area contributed by atoms with Crippen LogP contribution in [0.4, 0.5) is 4.39 Å². The van der Waals surface area contributed by atoms with Crippen LogP contribution in [-0.4, -0.2) is 36.1 Å². The SMILES string of the molecule is CCC1COC(C)CN1C(=O)c1ccc(F)c(S)c1. The second-order valence-electron chi connectivity index (χ2n) is 4.83. The zero-order chi connectivity index (χ0) is 14.0. The van der Waals surface area contributed by atoms with Crippen molar-refractivity contribution < 1.29 is 13.9 Å². The van der Waals surface area contributed by atoms with Crippen LogP contribution in [0.25, 0.3) is 0 Å². The molecule has 0 bridgehead atoms. The number of hydrogen-bond donors (Lipinski definition) is 1. The predicted molar refractivity (Wildman–Crippen MR) is 74.2 cm³/mol. The number of nitrogens with zero attached hydrogens (tertiary/aromatic N) is 1. The van der Waals surface area contributed by atoms with Crippen molar-refractivity contribution in [2.45, 2.75) is 37.3 Å². The van der Waals surface area contributed by atoms with Gasteiger partial charge in [-0.1, -0.05) is 6.92 Å². The van der Waals surface area contributed by atoms with Crippen molar-refractivity contribution in [3.8, 4) is 0 Å². The van der Waals surface area contributed by atoms with Crippen LogP contribution >= 0.6 is 12.6 Å². The van der Waals surface area contributed by atoms with Gasteiger partial charge in [-0.3, -0.25) is 4.79 Å². The highest BCUT2D eigenvalue weighted by molar-refractivity contribution is 7.80. The number of carbonyl (C=O) groups excluding carboxylic acids is 1. The monoisotopic (exact) mass is 283 g/mol. The zero-order valence-corrected chi connectivity index (χ0v) is 12.0. The molecule has 2 rings (SSSR count). The summed E-state index contributed by atoms with van der Waals surface area (Å²) < 4.78 is 18.8. The highest BCUT2D eigenvalue weighted by atomic mass is 32.1. The number of carbonyl (C=O) groups is 1. The van der Waals surface area contributed by atoms with Gasteiger partial charge in [0.1, 0.15) is 5.82 Å². The molecule has 19 heavy (non-hydrogen) atoms. The molecule has 5 heteroatoms. The third-order valence-electron chi connectivity index (χ3n) is 3.39. The first-order valence-corrected chi connectivity index (χ1v) is 6.88. The maximum Gasteiger partial charge on any atom is 0.254 e. The molecule has 2 unspecified atom stereocenters. The summed E-state index contributed by atoms with van der Waals surface area (Å²) in [6.45, 7) is 5.09. The van der Waals surface area contributed by atoms with Gasteiger partial charge in [-0.05, 0) is 31.5 Å². The highest BCUT2D eigenvalue weighted by Gasteiger charge is 2.30. The molecule has 3 nitrogen and oxygen atoms in total. The molecular formula is C14H18FNO2S. The van der Waals surface area contributed by atoms with Crippen molar-refractivity contribution in [1.82, 2.24) is 4.90 Å². The van der Waals surface area contributed by atoms with Crippen molar-refractivity contribution in [2.24, 2.45) is 0 Å². The number of amides is 1. The first-order chi connectivity index (χ1) is 9.02. The molecule has 1 aliphatic heterocycles. The molecule has 0 radical (unpaired) electrons. The smallest absolute Gasteiger partial charge is 0.254 e. The van der Waals surface area contributed by atoms with Gasteiger partial charge in [0, 0.05) is 17.0 Å². The maximum absolute atomic E-state index is 13.2. The van der Waals surface area contributed by atoms with Gasteiger partial charge >= 0.3 is 0 Å². The molecule has 0 spiro atoms. The normalized spacial score (nSPS) is 23.5. The second kappa shape index (κ2) is 5.92. The van der Waals surface area contributed by atoms with Gasteiger partial charge in [0.25, 0.3) is 5.91 Å². The van der Waals surface area contributed by atoms with Crippen molar-refractivity contribution >= 4 is 18.5 Å². The summed E-state index contributed by atoms with van der Waals surface area (Å²) in [7, 11) is 0. The predicted octanol–water partition coefficient (Wildman–Crippen LogP) is 2.75. The summed E-state index contributed by atoms with van der Waals surface area (Å²) in [6, 6.07) is 4.34. The van der Waals surface area contributed by atoms with E-state index in [2.05, 4.69) is 12.6 Å². The third-order valence-corrected chi connectivity index (χ3v) is 3.74. The summed E-state index contributed by atoms with van der Waals surface area (Å²) in [5.74, 6) is -0.500. The van der Waals surface area contributed by atoms with E-state index in [9.17, 15) is 9.18 Å². The minimum absolute atomic E-state index is 0.0303. The van der Waals surface area contributed by atoms with Crippen LogP contribution in [0.1, 0.15) is 30.6 Å². The van der Waals surface area contributed by atoms with E-state index < -0.39 is 5.82 Å². The molecule has 0 aromatic heterocycles. The van der Waals surface area contributed by atoms with E-state index in [0.29, 0.717) is 18.7 Å². The Kier molecular flexibility index (Phi) is 4.47. The minimum atomic E-state index is -0.415. The molecule has 1 aliphatic rings. The first-order valence-electron chi connectivity index (χ1n) is 6.44. The lowest BCUT2D eigenvalue weighted by Crippen LogP contribution is -2.51. The number of benzene rings is 1. The molecule has 0 aliphatic carbocycles. The molecule has 1 aromatic carbocycles. The van der Waals surface area contributed by atoms with Crippen LogP contribution in [0.15, 0.2) is 23.1 Å². The van der Waals surface area contributed by atoms with Gasteiger partial charge < -0.3 is 9.64 Å². The topological polar surface area (TPSA) is 29.5 Å². The van der Waals surface area contributed by atoms with E-state index in [4.69, 9.17) is 4.74 Å². The second-order valence-corrected chi connectivity index (χ2v) is 5.31. The van der Waals surface area contributed by atoms with E-state index in [-0.39, 0.29) is 22.9 Å². The fraction of sp³-hybridized carbons (Fsp3) is 0.500. The van der Waals surface area contributed by atoms with E-state index >= 15 is 0 Å². The molecule has 0 N–H and O–H groups in total. The van der Waals surface area contributed by atoms with Crippen LogP contribution in [0, 0.1) is 5.82 Å². The Morgan fingerprint density at radius 3 is 2.95 bits per heavy atom. The Balaban J connectivity index is 2.23.